The van der Waals surface area contributed by atoms with Crippen molar-refractivity contribution in [1.29, 1.82) is 0 Å². The van der Waals surface area contributed by atoms with E-state index in [9.17, 15) is 19.2 Å². The van der Waals surface area contributed by atoms with Crippen LogP contribution in [0.4, 0.5) is 11.4 Å². The maximum atomic E-state index is 12.0. The van der Waals surface area contributed by atoms with Crippen LogP contribution in [0, 0.1) is 0 Å². The number of benzene rings is 4. The fourth-order valence-corrected chi connectivity index (χ4v) is 4.24. The Hall–Kier alpha value is -5.96. The number of anilines is 2. The number of carbonyl (C=O) groups is 4. The molecule has 2 aliphatic rings. The molecule has 6 rings (SSSR count). The molecule has 4 aromatic rings. The third kappa shape index (κ3) is 5.45. The number of nitrogens with zero attached hydrogens (tertiary/aromatic N) is 2. The molecule has 41 heavy (non-hydrogen) atoms. The quantitative estimate of drug-likeness (QED) is 0.254. The molecule has 0 aromatic heterocycles. The van der Waals surface area contributed by atoms with Gasteiger partial charge in [-0.05, 0) is 72.8 Å². The number of hydrogen-bond donors (Lipinski definition) is 0. The predicted octanol–water partition coefficient (Wildman–Crippen LogP) is 5.92. The molecule has 0 saturated carbocycles. The van der Waals surface area contributed by atoms with Gasteiger partial charge in [-0.3, -0.25) is 19.2 Å². The van der Waals surface area contributed by atoms with E-state index in [-0.39, 0.29) is 0 Å². The second-order valence-corrected chi connectivity index (χ2v) is 8.93. The van der Waals surface area contributed by atoms with Crippen LogP contribution >= 0.6 is 0 Å². The van der Waals surface area contributed by atoms with E-state index in [4.69, 9.17) is 14.2 Å². The van der Waals surface area contributed by atoms with E-state index >= 15 is 0 Å². The molecule has 0 saturated heterocycles. The lowest BCUT2D eigenvalue weighted by atomic mass is 10.2. The van der Waals surface area contributed by atoms with E-state index in [1.165, 1.54) is 24.3 Å². The van der Waals surface area contributed by atoms with Gasteiger partial charge in [0.1, 0.15) is 34.5 Å². The van der Waals surface area contributed by atoms with Gasteiger partial charge in [-0.2, -0.15) is 0 Å². The molecule has 200 valence electrons. The molecule has 0 aliphatic carbocycles. The standard InChI is InChI=1S/C32H20N2O7/c35-29-15-16-30(36)33(29)21-3-1-5-27(19-21)40-25-11-7-23(8-12-25)39-24-9-13-26(14-10-24)41-28-6-2-4-22(20-28)34-31(37)17-18-32(34)38/h1-20H. The van der Waals surface area contributed by atoms with E-state index < -0.39 is 23.6 Å². The van der Waals surface area contributed by atoms with Gasteiger partial charge < -0.3 is 14.2 Å². The first-order valence-electron chi connectivity index (χ1n) is 12.5. The fraction of sp³-hybridized carbons (Fsp3) is 0. The van der Waals surface area contributed by atoms with Crippen molar-refractivity contribution < 1.29 is 33.4 Å². The summed E-state index contributed by atoms with van der Waals surface area (Å²) < 4.78 is 17.7. The number of imide groups is 2. The highest BCUT2D eigenvalue weighted by molar-refractivity contribution is 6.28. The van der Waals surface area contributed by atoms with Crippen LogP contribution < -0.4 is 24.0 Å². The maximum Gasteiger partial charge on any atom is 0.258 e. The van der Waals surface area contributed by atoms with Crippen LogP contribution in [0.3, 0.4) is 0 Å². The van der Waals surface area contributed by atoms with Crippen LogP contribution in [0.15, 0.2) is 121 Å². The van der Waals surface area contributed by atoms with Crippen LogP contribution in [0.1, 0.15) is 0 Å². The molecule has 4 amide bonds. The SMILES string of the molecule is O=C1C=CC(=O)N1c1cccc(Oc2ccc(Oc3ccc(Oc4cccc(N5C(=O)C=CC5=O)c4)cc3)cc2)c1. The summed E-state index contributed by atoms with van der Waals surface area (Å²) in [6.45, 7) is 0. The van der Waals surface area contributed by atoms with Gasteiger partial charge in [-0.1, -0.05) is 12.1 Å². The van der Waals surface area contributed by atoms with E-state index in [0.29, 0.717) is 45.9 Å². The van der Waals surface area contributed by atoms with Crippen LogP contribution in [-0.2, 0) is 19.2 Å². The minimum Gasteiger partial charge on any atom is -0.457 e. The zero-order valence-electron chi connectivity index (χ0n) is 21.3. The van der Waals surface area contributed by atoms with Crippen LogP contribution in [0.25, 0.3) is 0 Å². The summed E-state index contributed by atoms with van der Waals surface area (Å²) in [6, 6.07) is 27.4. The summed E-state index contributed by atoms with van der Waals surface area (Å²) in [7, 11) is 0. The highest BCUT2D eigenvalue weighted by atomic mass is 16.5. The third-order valence-corrected chi connectivity index (χ3v) is 6.12. The number of hydrogen-bond acceptors (Lipinski definition) is 7. The molecule has 0 fully saturated rings. The predicted molar refractivity (Wildman–Crippen MR) is 149 cm³/mol. The smallest absolute Gasteiger partial charge is 0.258 e. The molecule has 0 N–H and O–H groups in total. The molecular formula is C32H20N2O7. The van der Waals surface area contributed by atoms with Crippen LogP contribution in [-0.4, -0.2) is 23.6 Å². The zero-order chi connectivity index (χ0) is 28.3. The van der Waals surface area contributed by atoms with Crippen molar-refractivity contribution in [3.05, 3.63) is 121 Å². The Morgan fingerprint density at radius 2 is 0.659 bits per heavy atom. The first-order chi connectivity index (χ1) is 19.9. The molecule has 2 aliphatic heterocycles. The molecule has 0 spiro atoms. The molecule has 0 unspecified atom stereocenters. The molecule has 0 atom stereocenters. The van der Waals surface area contributed by atoms with Gasteiger partial charge >= 0.3 is 0 Å². The molecule has 0 bridgehead atoms. The van der Waals surface area contributed by atoms with Gasteiger partial charge in [0.2, 0.25) is 0 Å². The van der Waals surface area contributed by atoms with Gasteiger partial charge in [-0.15, -0.1) is 0 Å². The summed E-state index contributed by atoms with van der Waals surface area (Å²) in [4.78, 5) is 50.0. The lowest BCUT2D eigenvalue weighted by Crippen LogP contribution is -2.29. The van der Waals surface area contributed by atoms with E-state index in [0.717, 1.165) is 9.80 Å². The van der Waals surface area contributed by atoms with E-state index in [1.54, 1.807) is 97.1 Å². The van der Waals surface area contributed by atoms with Crippen molar-refractivity contribution in [1.82, 2.24) is 0 Å². The van der Waals surface area contributed by atoms with Crippen molar-refractivity contribution >= 4 is 35.0 Å². The summed E-state index contributed by atoms with van der Waals surface area (Å²) in [6.07, 6.45) is 4.93. The maximum absolute atomic E-state index is 12.0. The minimum atomic E-state index is -0.395. The fourth-order valence-electron chi connectivity index (χ4n) is 4.24. The first-order valence-corrected chi connectivity index (χ1v) is 12.5. The third-order valence-electron chi connectivity index (χ3n) is 6.12. The number of ether oxygens (including phenoxy) is 3. The Morgan fingerprint density at radius 1 is 0.366 bits per heavy atom. The largest absolute Gasteiger partial charge is 0.457 e. The number of amides is 4. The lowest BCUT2D eigenvalue weighted by molar-refractivity contribution is -0.121. The Bertz CT molecular complexity index is 1580. The van der Waals surface area contributed by atoms with E-state index in [2.05, 4.69) is 0 Å². The summed E-state index contributed by atoms with van der Waals surface area (Å²) in [5, 5.41) is 0. The van der Waals surface area contributed by atoms with Gasteiger partial charge in [0.05, 0.1) is 11.4 Å². The van der Waals surface area contributed by atoms with Gasteiger partial charge in [0.15, 0.2) is 0 Å². The van der Waals surface area contributed by atoms with Gasteiger partial charge in [0, 0.05) is 36.4 Å². The normalized spacial score (nSPS) is 14.2. The number of rotatable bonds is 8. The lowest BCUT2D eigenvalue weighted by Gasteiger charge is -2.15. The van der Waals surface area contributed by atoms with Crippen molar-refractivity contribution in [3.63, 3.8) is 0 Å². The minimum absolute atomic E-state index is 0.395. The Kier molecular flexibility index (Phi) is 6.58. The van der Waals surface area contributed by atoms with Crippen molar-refractivity contribution in [2.45, 2.75) is 0 Å². The van der Waals surface area contributed by atoms with Crippen LogP contribution in [0.5, 0.6) is 34.5 Å². The summed E-state index contributed by atoms with van der Waals surface area (Å²) in [5.74, 6) is 1.62. The Labute approximate surface area is 234 Å². The van der Waals surface area contributed by atoms with Crippen molar-refractivity contribution in [2.24, 2.45) is 0 Å². The molecular weight excluding hydrogens is 524 g/mol. The molecule has 9 heteroatoms. The first kappa shape index (κ1) is 25.3. The Morgan fingerprint density at radius 3 is 0.976 bits per heavy atom. The van der Waals surface area contributed by atoms with E-state index in [1.807, 2.05) is 0 Å². The van der Waals surface area contributed by atoms with Gasteiger partial charge in [-0.25, -0.2) is 9.80 Å². The van der Waals surface area contributed by atoms with Crippen molar-refractivity contribution in [3.8, 4) is 34.5 Å². The summed E-state index contributed by atoms with van der Waals surface area (Å²) in [5.41, 5.74) is 0.855. The average Bonchev–Trinajstić information content (AvgIpc) is 3.50. The van der Waals surface area contributed by atoms with Crippen molar-refractivity contribution in [2.75, 3.05) is 9.80 Å². The monoisotopic (exact) mass is 544 g/mol. The summed E-state index contributed by atoms with van der Waals surface area (Å²) >= 11 is 0. The number of carbonyl (C=O) groups excluding carboxylic acids is 4. The molecule has 2 heterocycles. The van der Waals surface area contributed by atoms with Gasteiger partial charge in [0.25, 0.3) is 23.6 Å². The second-order valence-electron chi connectivity index (χ2n) is 8.93. The zero-order valence-corrected chi connectivity index (χ0v) is 21.3. The highest BCUT2D eigenvalue weighted by Crippen LogP contribution is 2.32. The molecule has 0 radical (unpaired) electrons. The highest BCUT2D eigenvalue weighted by Gasteiger charge is 2.26. The topological polar surface area (TPSA) is 102 Å². The van der Waals surface area contributed by atoms with Crippen LogP contribution in [0.2, 0.25) is 0 Å². The Balaban J connectivity index is 1.07. The molecule has 9 nitrogen and oxygen atoms in total. The average molecular weight is 545 g/mol. The molecule has 4 aromatic carbocycles. The second kappa shape index (κ2) is 10.7.